The molecule has 0 aliphatic heterocycles. The van der Waals surface area contributed by atoms with Crippen molar-refractivity contribution in [2.45, 2.75) is 59.6 Å². The third-order valence-electron chi connectivity index (χ3n) is 8.33. The third-order valence-corrected chi connectivity index (χ3v) is 9.03. The summed E-state index contributed by atoms with van der Waals surface area (Å²) in [6, 6.07) is 11.2. The van der Waals surface area contributed by atoms with E-state index in [1.165, 1.54) is 0 Å². The van der Waals surface area contributed by atoms with Gasteiger partial charge in [0.2, 0.25) is 5.91 Å². The van der Waals surface area contributed by atoms with Crippen LogP contribution in [-0.2, 0) is 22.6 Å². The van der Waals surface area contributed by atoms with Crippen LogP contribution in [0.15, 0.2) is 42.5 Å². The van der Waals surface area contributed by atoms with Gasteiger partial charge in [0, 0.05) is 28.6 Å². The average molecular weight is 522 g/mol. The van der Waals surface area contributed by atoms with Gasteiger partial charge >= 0.3 is 5.97 Å². The van der Waals surface area contributed by atoms with Crippen LogP contribution in [0.1, 0.15) is 51.7 Å². The Kier molecular flexibility index (Phi) is 8.09. The van der Waals surface area contributed by atoms with Crippen molar-refractivity contribution >= 4 is 35.1 Å². The highest BCUT2D eigenvalue weighted by Gasteiger charge is 2.61. The van der Waals surface area contributed by atoms with E-state index in [2.05, 4.69) is 5.32 Å². The highest BCUT2D eigenvalue weighted by molar-refractivity contribution is 6.35. The van der Waals surface area contributed by atoms with Crippen molar-refractivity contribution in [3.8, 4) is 5.75 Å². The minimum Gasteiger partial charge on any atom is -0.489 e. The number of hydrogen-bond donors (Lipinski definition) is 3. The molecule has 1 saturated carbocycles. The van der Waals surface area contributed by atoms with E-state index in [-0.39, 0.29) is 25.5 Å². The molecule has 2 aromatic carbocycles. The molecule has 3 rings (SSSR count). The number of benzene rings is 2. The van der Waals surface area contributed by atoms with E-state index >= 15 is 0 Å². The molecular weight excluding hydrogens is 489 g/mol. The quantitative estimate of drug-likeness (QED) is 0.404. The number of aliphatic carboxylic acids is 1. The predicted molar refractivity (Wildman–Crippen MR) is 137 cm³/mol. The molecule has 190 valence electrons. The van der Waals surface area contributed by atoms with E-state index in [9.17, 15) is 19.8 Å². The van der Waals surface area contributed by atoms with Gasteiger partial charge in [-0.25, -0.2) is 4.79 Å². The third kappa shape index (κ3) is 5.30. The molecule has 0 bridgehead atoms. The summed E-state index contributed by atoms with van der Waals surface area (Å²) < 4.78 is 5.78. The first kappa shape index (κ1) is 27.3. The van der Waals surface area contributed by atoms with Crippen LogP contribution in [-0.4, -0.2) is 34.7 Å². The molecule has 1 fully saturated rings. The van der Waals surface area contributed by atoms with Crippen molar-refractivity contribution in [1.29, 1.82) is 0 Å². The number of nitrogens with one attached hydrogen (secondary N) is 1. The molecule has 8 heteroatoms. The van der Waals surface area contributed by atoms with E-state index in [4.69, 9.17) is 27.9 Å². The normalized spacial score (nSPS) is 24.1. The summed E-state index contributed by atoms with van der Waals surface area (Å²) in [6.07, 6.45) is 1.40. The van der Waals surface area contributed by atoms with Crippen LogP contribution in [0.4, 0.5) is 0 Å². The summed E-state index contributed by atoms with van der Waals surface area (Å²) in [6.45, 7) is 7.96. The van der Waals surface area contributed by atoms with Gasteiger partial charge in [-0.1, -0.05) is 69.1 Å². The van der Waals surface area contributed by atoms with Crippen molar-refractivity contribution < 1.29 is 24.5 Å². The number of ether oxygens (including phenoxy) is 1. The standard InChI is InChI=1S/C27H33Cl2NO5/c1-25(2)26(3,16-31)12-13-27(25,4)24(34)30-22(23(32)33)14-17-8-10-18(11-9-17)35-15-19-20(28)6-5-7-21(19)29/h5-11,22,31H,12-16H2,1-4H3,(H,30,34)(H,32,33)/t22-,26+,27+/m1/s1. The molecule has 3 N–H and O–H groups in total. The summed E-state index contributed by atoms with van der Waals surface area (Å²) >= 11 is 12.4. The van der Waals surface area contributed by atoms with E-state index in [0.29, 0.717) is 34.2 Å². The highest BCUT2D eigenvalue weighted by Crippen LogP contribution is 2.62. The van der Waals surface area contributed by atoms with E-state index < -0.39 is 28.3 Å². The summed E-state index contributed by atoms with van der Waals surface area (Å²) in [7, 11) is 0. The maximum absolute atomic E-state index is 13.3. The fourth-order valence-corrected chi connectivity index (χ4v) is 5.30. The first-order valence-electron chi connectivity index (χ1n) is 11.6. The average Bonchev–Trinajstić information content (AvgIpc) is 3.00. The van der Waals surface area contributed by atoms with Crippen LogP contribution in [0.25, 0.3) is 0 Å². The Morgan fingerprint density at radius 1 is 1.03 bits per heavy atom. The molecule has 1 aliphatic rings. The second-order valence-corrected chi connectivity index (χ2v) is 11.2. The number of carbonyl (C=O) groups excluding carboxylic acids is 1. The van der Waals surface area contributed by atoms with Crippen molar-refractivity contribution in [1.82, 2.24) is 5.32 Å². The van der Waals surface area contributed by atoms with Crippen molar-refractivity contribution in [3.05, 3.63) is 63.6 Å². The first-order valence-corrected chi connectivity index (χ1v) is 12.4. The Morgan fingerprint density at radius 3 is 2.14 bits per heavy atom. The smallest absolute Gasteiger partial charge is 0.326 e. The molecule has 0 saturated heterocycles. The summed E-state index contributed by atoms with van der Waals surface area (Å²) in [5.74, 6) is -0.816. The predicted octanol–water partition coefficient (Wildman–Crippen LogP) is 5.51. The molecule has 0 spiro atoms. The van der Waals surface area contributed by atoms with Crippen LogP contribution < -0.4 is 10.1 Å². The number of carbonyl (C=O) groups is 2. The van der Waals surface area contributed by atoms with E-state index in [1.54, 1.807) is 42.5 Å². The Labute approximate surface area is 216 Å². The second kappa shape index (κ2) is 10.4. The summed E-state index contributed by atoms with van der Waals surface area (Å²) in [5, 5.41) is 23.5. The summed E-state index contributed by atoms with van der Waals surface area (Å²) in [5.41, 5.74) is -0.283. The molecule has 1 aliphatic carbocycles. The van der Waals surface area contributed by atoms with Gasteiger partial charge in [-0.3, -0.25) is 4.79 Å². The van der Waals surface area contributed by atoms with Crippen LogP contribution in [0.3, 0.4) is 0 Å². The fourth-order valence-electron chi connectivity index (χ4n) is 4.79. The van der Waals surface area contributed by atoms with Crippen LogP contribution in [0.5, 0.6) is 5.75 Å². The number of carboxylic acid groups (broad SMARTS) is 1. The molecule has 35 heavy (non-hydrogen) atoms. The lowest BCUT2D eigenvalue weighted by atomic mass is 9.59. The zero-order chi connectivity index (χ0) is 26.0. The fraction of sp³-hybridized carbons (Fsp3) is 0.481. The molecular formula is C27H33Cl2NO5. The van der Waals surface area contributed by atoms with E-state index in [0.717, 1.165) is 5.56 Å². The first-order chi connectivity index (χ1) is 16.3. The molecule has 0 unspecified atom stereocenters. The lowest BCUT2D eigenvalue weighted by molar-refractivity contribution is -0.147. The van der Waals surface area contributed by atoms with E-state index in [1.807, 2.05) is 27.7 Å². The lowest BCUT2D eigenvalue weighted by Crippen LogP contribution is -2.54. The zero-order valence-electron chi connectivity index (χ0n) is 20.5. The van der Waals surface area contributed by atoms with Gasteiger partial charge in [0.05, 0.1) is 5.41 Å². The number of rotatable bonds is 9. The minimum atomic E-state index is -1.10. The van der Waals surface area contributed by atoms with Gasteiger partial charge < -0.3 is 20.3 Å². The minimum absolute atomic E-state index is 0.0255. The number of aliphatic hydroxyl groups excluding tert-OH is 1. The molecule has 1 amide bonds. The monoisotopic (exact) mass is 521 g/mol. The number of carboxylic acids is 1. The van der Waals surface area contributed by atoms with Gasteiger partial charge in [-0.15, -0.1) is 0 Å². The number of aliphatic hydroxyl groups is 1. The summed E-state index contributed by atoms with van der Waals surface area (Å²) in [4.78, 5) is 25.3. The molecule has 0 heterocycles. The topological polar surface area (TPSA) is 95.9 Å². The van der Waals surface area contributed by atoms with Crippen LogP contribution in [0.2, 0.25) is 10.0 Å². The van der Waals surface area contributed by atoms with Crippen molar-refractivity contribution in [2.24, 2.45) is 16.2 Å². The maximum atomic E-state index is 13.3. The Morgan fingerprint density at radius 2 is 1.63 bits per heavy atom. The van der Waals surface area contributed by atoms with Crippen molar-refractivity contribution in [3.63, 3.8) is 0 Å². The number of halogens is 2. The highest BCUT2D eigenvalue weighted by atomic mass is 35.5. The van der Waals surface area contributed by atoms with Gasteiger partial charge in [0.25, 0.3) is 0 Å². The molecule has 2 aromatic rings. The Bertz CT molecular complexity index is 1070. The van der Waals surface area contributed by atoms with Gasteiger partial charge in [-0.05, 0) is 53.5 Å². The van der Waals surface area contributed by atoms with Crippen LogP contribution >= 0.6 is 23.2 Å². The SMILES string of the molecule is CC1(C)[C@](C)(CO)CC[C@@]1(C)C(=O)N[C@H](Cc1ccc(OCc2c(Cl)cccc2Cl)cc1)C(=O)O. The maximum Gasteiger partial charge on any atom is 0.326 e. The van der Waals surface area contributed by atoms with Gasteiger partial charge in [0.1, 0.15) is 18.4 Å². The lowest BCUT2D eigenvalue weighted by Gasteiger charge is -2.46. The number of hydrogen-bond acceptors (Lipinski definition) is 4. The number of amides is 1. The van der Waals surface area contributed by atoms with Gasteiger partial charge in [-0.2, -0.15) is 0 Å². The largest absolute Gasteiger partial charge is 0.489 e. The van der Waals surface area contributed by atoms with Gasteiger partial charge in [0.15, 0.2) is 0 Å². The zero-order valence-corrected chi connectivity index (χ0v) is 22.0. The second-order valence-electron chi connectivity index (χ2n) is 10.4. The Hall–Kier alpha value is -2.28. The molecule has 0 aromatic heterocycles. The molecule has 3 atom stereocenters. The molecule has 0 radical (unpaired) electrons. The molecule has 6 nitrogen and oxygen atoms in total. The Balaban J connectivity index is 1.67. The van der Waals surface area contributed by atoms with Crippen LogP contribution in [0, 0.1) is 16.2 Å². The van der Waals surface area contributed by atoms with Crippen molar-refractivity contribution in [2.75, 3.05) is 6.61 Å².